The van der Waals surface area contributed by atoms with E-state index >= 15 is 0 Å². The van der Waals surface area contributed by atoms with Gasteiger partial charge in [-0.1, -0.05) is 0 Å². The highest BCUT2D eigenvalue weighted by Gasteiger charge is 2.23. The van der Waals surface area contributed by atoms with Crippen molar-refractivity contribution >= 4 is 28.7 Å². The fraction of sp³-hybridized carbons (Fsp3) is 0.400. The summed E-state index contributed by atoms with van der Waals surface area (Å²) in [4.78, 5) is 29.0. The summed E-state index contributed by atoms with van der Waals surface area (Å²) in [5.41, 5.74) is 6.98. The fourth-order valence-electron chi connectivity index (χ4n) is 3.97. The normalized spacial score (nSPS) is 19.0. The highest BCUT2D eigenvalue weighted by Crippen LogP contribution is 2.29. The van der Waals surface area contributed by atoms with Crippen LogP contribution >= 0.6 is 0 Å². The Hall–Kier alpha value is -3.40. The highest BCUT2D eigenvalue weighted by molar-refractivity contribution is 5.92. The molecule has 10 nitrogen and oxygen atoms in total. The summed E-state index contributed by atoms with van der Waals surface area (Å²) in [6.07, 6.45) is 7.13. The quantitative estimate of drug-likeness (QED) is 0.565. The van der Waals surface area contributed by atoms with Gasteiger partial charge in [0.2, 0.25) is 0 Å². The third kappa shape index (κ3) is 3.61. The Labute approximate surface area is 173 Å². The van der Waals surface area contributed by atoms with Gasteiger partial charge in [0.25, 0.3) is 11.5 Å². The lowest BCUT2D eigenvalue weighted by molar-refractivity contribution is 0.0580. The number of primary amides is 1. The molecule has 3 aromatic heterocycles. The molecule has 0 unspecified atom stereocenters. The number of hydrogen-bond acceptors (Lipinski definition) is 7. The second kappa shape index (κ2) is 8.15. The van der Waals surface area contributed by atoms with Crippen molar-refractivity contribution in [3.63, 3.8) is 0 Å². The highest BCUT2D eigenvalue weighted by atomic mass is 16.5. The van der Waals surface area contributed by atoms with E-state index in [9.17, 15) is 9.59 Å². The molecule has 1 saturated carbocycles. The van der Waals surface area contributed by atoms with Gasteiger partial charge in [0, 0.05) is 32.5 Å². The predicted molar refractivity (Wildman–Crippen MR) is 113 cm³/mol. The Kier molecular flexibility index (Phi) is 5.40. The first-order valence-corrected chi connectivity index (χ1v) is 9.89. The minimum absolute atomic E-state index is 0.118. The van der Waals surface area contributed by atoms with Crippen molar-refractivity contribution in [1.82, 2.24) is 19.2 Å². The van der Waals surface area contributed by atoms with Gasteiger partial charge >= 0.3 is 0 Å². The number of rotatable bonds is 6. The number of anilines is 3. The van der Waals surface area contributed by atoms with E-state index in [1.165, 1.54) is 10.7 Å². The molecule has 0 aliphatic heterocycles. The predicted octanol–water partition coefficient (Wildman–Crippen LogP) is 1.91. The number of methoxy groups -OCH3 is 1. The zero-order chi connectivity index (χ0) is 21.3. The van der Waals surface area contributed by atoms with Crippen molar-refractivity contribution in [3.8, 4) is 0 Å². The number of nitrogens with zero attached hydrogens (tertiary/aromatic N) is 4. The number of pyridine rings is 1. The Bertz CT molecular complexity index is 1130. The van der Waals surface area contributed by atoms with Gasteiger partial charge in [-0.05, 0) is 37.8 Å². The Morgan fingerprint density at radius 2 is 2.03 bits per heavy atom. The van der Waals surface area contributed by atoms with E-state index in [4.69, 9.17) is 10.5 Å². The molecule has 3 heterocycles. The van der Waals surface area contributed by atoms with E-state index in [1.807, 2.05) is 12.3 Å². The van der Waals surface area contributed by atoms with Crippen LogP contribution in [0.15, 0.2) is 35.4 Å². The third-order valence-electron chi connectivity index (χ3n) is 5.60. The first-order valence-electron chi connectivity index (χ1n) is 9.89. The molecule has 1 aliphatic rings. The Morgan fingerprint density at radius 3 is 2.70 bits per heavy atom. The summed E-state index contributed by atoms with van der Waals surface area (Å²) < 4.78 is 8.57. The Balaban J connectivity index is 1.66. The molecular formula is C20H25N7O3. The maximum atomic E-state index is 13.1. The van der Waals surface area contributed by atoms with Crippen molar-refractivity contribution < 1.29 is 9.53 Å². The van der Waals surface area contributed by atoms with Crippen LogP contribution in [0.5, 0.6) is 0 Å². The fourth-order valence-corrected chi connectivity index (χ4v) is 3.97. The molecule has 158 valence electrons. The molecule has 0 saturated heterocycles. The largest absolute Gasteiger partial charge is 0.385 e. The van der Waals surface area contributed by atoms with Crippen LogP contribution in [-0.4, -0.2) is 45.3 Å². The molecule has 0 atom stereocenters. The molecule has 0 aromatic carbocycles. The van der Waals surface area contributed by atoms with Crippen molar-refractivity contribution in [3.05, 3.63) is 46.6 Å². The first-order chi connectivity index (χ1) is 14.5. The summed E-state index contributed by atoms with van der Waals surface area (Å²) in [5, 5.41) is 10.5. The summed E-state index contributed by atoms with van der Waals surface area (Å²) in [7, 11) is 3.47. The number of hydrogen-bond donors (Lipinski definition) is 3. The van der Waals surface area contributed by atoms with Crippen LogP contribution in [0.1, 0.15) is 42.2 Å². The number of nitrogens with one attached hydrogen (secondary N) is 2. The van der Waals surface area contributed by atoms with Gasteiger partial charge in [-0.25, -0.2) is 9.50 Å². The van der Waals surface area contributed by atoms with Crippen LogP contribution in [-0.2, 0) is 4.74 Å². The molecule has 1 aliphatic carbocycles. The van der Waals surface area contributed by atoms with E-state index in [1.54, 1.807) is 30.9 Å². The summed E-state index contributed by atoms with van der Waals surface area (Å²) in [5.74, 6) is -0.242. The van der Waals surface area contributed by atoms with Gasteiger partial charge in [0.15, 0.2) is 11.5 Å². The first kappa shape index (κ1) is 19.9. The van der Waals surface area contributed by atoms with E-state index < -0.39 is 5.91 Å². The molecule has 1 amide bonds. The van der Waals surface area contributed by atoms with Gasteiger partial charge in [-0.3, -0.25) is 9.59 Å². The van der Waals surface area contributed by atoms with Crippen LogP contribution in [0.2, 0.25) is 0 Å². The van der Waals surface area contributed by atoms with Gasteiger partial charge in [-0.2, -0.15) is 0 Å². The minimum Gasteiger partial charge on any atom is -0.385 e. The summed E-state index contributed by atoms with van der Waals surface area (Å²) >= 11 is 0. The van der Waals surface area contributed by atoms with Crippen LogP contribution < -0.4 is 21.9 Å². The standard InChI is InChI=1S/C20H25N7O3/c1-22-15-10-17(25-27-16(18(21)28)11-23-19(15)27)24-14-4-3-9-26(20(14)29)12-5-7-13(30-2)8-6-12/h3-4,9-13,22H,5-8H2,1-2H3,(H2,21,28)(H,24,25). The average Bonchev–Trinajstić information content (AvgIpc) is 3.19. The summed E-state index contributed by atoms with van der Waals surface area (Å²) in [6, 6.07) is 5.43. The van der Waals surface area contributed by atoms with E-state index in [0.29, 0.717) is 22.8 Å². The number of fused-ring (bicyclic) bond motifs is 1. The molecular weight excluding hydrogens is 386 g/mol. The molecule has 30 heavy (non-hydrogen) atoms. The zero-order valence-corrected chi connectivity index (χ0v) is 17.0. The number of nitrogens with two attached hydrogens (primary N) is 1. The molecule has 0 spiro atoms. The smallest absolute Gasteiger partial charge is 0.274 e. The molecule has 0 radical (unpaired) electrons. The van der Waals surface area contributed by atoms with Crippen molar-refractivity contribution in [2.45, 2.75) is 37.8 Å². The zero-order valence-electron chi connectivity index (χ0n) is 17.0. The van der Waals surface area contributed by atoms with E-state index in [0.717, 1.165) is 25.7 Å². The number of aromatic nitrogens is 4. The number of imidazole rings is 1. The van der Waals surface area contributed by atoms with Gasteiger partial charge in [-0.15, -0.1) is 5.10 Å². The lowest BCUT2D eigenvalue weighted by Crippen LogP contribution is -2.30. The number of ether oxygens (including phenoxy) is 1. The third-order valence-corrected chi connectivity index (χ3v) is 5.60. The van der Waals surface area contributed by atoms with Gasteiger partial charge in [0.1, 0.15) is 11.4 Å². The van der Waals surface area contributed by atoms with Crippen LogP contribution in [0.4, 0.5) is 17.2 Å². The maximum Gasteiger partial charge on any atom is 0.274 e. The van der Waals surface area contributed by atoms with Crippen molar-refractivity contribution in [2.75, 3.05) is 24.8 Å². The van der Waals surface area contributed by atoms with E-state index in [-0.39, 0.29) is 23.4 Å². The molecule has 0 bridgehead atoms. The lowest BCUT2D eigenvalue weighted by atomic mass is 9.92. The monoisotopic (exact) mass is 411 g/mol. The van der Waals surface area contributed by atoms with Gasteiger partial charge in [0.05, 0.1) is 18.0 Å². The number of carbonyl (C=O) groups is 1. The molecule has 3 aromatic rings. The average molecular weight is 411 g/mol. The SMILES string of the molecule is CNc1cc(Nc2cccn(C3CCC(OC)CC3)c2=O)nn2c(C(N)=O)cnc12. The molecule has 10 heteroatoms. The summed E-state index contributed by atoms with van der Waals surface area (Å²) in [6.45, 7) is 0. The van der Waals surface area contributed by atoms with Gasteiger partial charge < -0.3 is 25.7 Å². The van der Waals surface area contributed by atoms with Crippen molar-refractivity contribution in [1.29, 1.82) is 0 Å². The lowest BCUT2D eigenvalue weighted by Gasteiger charge is -2.29. The van der Waals surface area contributed by atoms with Crippen LogP contribution in [0.3, 0.4) is 0 Å². The Morgan fingerprint density at radius 1 is 1.27 bits per heavy atom. The van der Waals surface area contributed by atoms with Crippen LogP contribution in [0.25, 0.3) is 5.65 Å². The molecule has 4 rings (SSSR count). The second-order valence-corrected chi connectivity index (χ2v) is 7.36. The molecule has 1 fully saturated rings. The second-order valence-electron chi connectivity index (χ2n) is 7.36. The number of amides is 1. The molecule has 4 N–H and O–H groups in total. The minimum atomic E-state index is -0.636. The van der Waals surface area contributed by atoms with E-state index in [2.05, 4.69) is 20.7 Å². The van der Waals surface area contributed by atoms with Crippen LogP contribution in [0, 0.1) is 0 Å². The van der Waals surface area contributed by atoms with Crippen molar-refractivity contribution in [2.24, 2.45) is 5.73 Å². The topological polar surface area (TPSA) is 129 Å². The number of carbonyl (C=O) groups excluding carboxylic acids is 1. The maximum absolute atomic E-state index is 13.1.